The molecule has 0 aliphatic carbocycles. The molecule has 0 atom stereocenters. The van der Waals surface area contributed by atoms with Gasteiger partial charge in [0.1, 0.15) is 6.07 Å². The highest BCUT2D eigenvalue weighted by Gasteiger charge is 2.14. The second kappa shape index (κ2) is 6.18. The monoisotopic (exact) mass is 462 g/mol. The van der Waals surface area contributed by atoms with Crippen LogP contribution >= 0.6 is 59.1 Å². The lowest BCUT2D eigenvalue weighted by Gasteiger charge is -2.05. The Bertz CT molecular complexity index is 691. The fourth-order valence-electron chi connectivity index (χ4n) is 1.38. The van der Waals surface area contributed by atoms with Crippen LogP contribution in [0.1, 0.15) is 15.9 Å². The average Bonchev–Trinajstić information content (AvgIpc) is 2.69. The van der Waals surface area contributed by atoms with Gasteiger partial charge in [-0.1, -0.05) is 0 Å². The standard InChI is InChI=1S/C12H5Br3N2OS/c13-9-3-7(2-1-6(9)5-16)17-12(18)8-4-10(14)19-11(8)15/h1-4H,(H,17,18). The lowest BCUT2D eigenvalue weighted by Crippen LogP contribution is -2.11. The molecular weight excluding hydrogens is 460 g/mol. The number of amides is 1. The Morgan fingerprint density at radius 3 is 2.53 bits per heavy atom. The largest absolute Gasteiger partial charge is 0.322 e. The number of benzene rings is 1. The van der Waals surface area contributed by atoms with E-state index in [-0.39, 0.29) is 5.91 Å². The fourth-order valence-corrected chi connectivity index (χ4v) is 4.64. The third kappa shape index (κ3) is 3.45. The number of nitriles is 1. The van der Waals surface area contributed by atoms with Gasteiger partial charge in [0.05, 0.1) is 18.7 Å². The third-order valence-corrected chi connectivity index (χ3v) is 5.24. The predicted octanol–water partition coefficient (Wildman–Crippen LogP) is 5.16. The maximum Gasteiger partial charge on any atom is 0.257 e. The molecule has 0 saturated carbocycles. The van der Waals surface area contributed by atoms with Crippen molar-refractivity contribution in [2.45, 2.75) is 0 Å². The van der Waals surface area contributed by atoms with Gasteiger partial charge >= 0.3 is 0 Å². The van der Waals surface area contributed by atoms with Gasteiger partial charge in [0, 0.05) is 10.2 Å². The van der Waals surface area contributed by atoms with Crippen molar-refractivity contribution in [2.24, 2.45) is 0 Å². The predicted molar refractivity (Wildman–Crippen MR) is 86.5 cm³/mol. The molecule has 1 amide bonds. The Kier molecular flexibility index (Phi) is 4.79. The summed E-state index contributed by atoms with van der Waals surface area (Å²) in [5.74, 6) is -0.203. The summed E-state index contributed by atoms with van der Waals surface area (Å²) in [6.07, 6.45) is 0. The van der Waals surface area contributed by atoms with E-state index in [0.29, 0.717) is 21.3 Å². The van der Waals surface area contributed by atoms with Gasteiger partial charge in [-0.3, -0.25) is 4.79 Å². The molecule has 1 N–H and O–H groups in total. The molecule has 1 aromatic heterocycles. The number of nitrogens with zero attached hydrogens (tertiary/aromatic N) is 1. The molecule has 0 fully saturated rings. The van der Waals surface area contributed by atoms with Crippen LogP contribution in [0.5, 0.6) is 0 Å². The molecule has 0 saturated heterocycles. The topological polar surface area (TPSA) is 52.9 Å². The number of anilines is 1. The minimum Gasteiger partial charge on any atom is -0.322 e. The molecule has 0 bridgehead atoms. The highest BCUT2D eigenvalue weighted by Crippen LogP contribution is 2.32. The van der Waals surface area contributed by atoms with Crippen LogP contribution in [0.4, 0.5) is 5.69 Å². The lowest BCUT2D eigenvalue weighted by molar-refractivity contribution is 0.102. The molecule has 2 rings (SSSR count). The minimum absolute atomic E-state index is 0.203. The summed E-state index contributed by atoms with van der Waals surface area (Å²) in [4.78, 5) is 12.1. The Balaban J connectivity index is 2.22. The highest BCUT2D eigenvalue weighted by atomic mass is 79.9. The summed E-state index contributed by atoms with van der Waals surface area (Å²) in [5.41, 5.74) is 1.72. The molecule has 0 unspecified atom stereocenters. The number of thiophene rings is 1. The van der Waals surface area contributed by atoms with Gasteiger partial charge < -0.3 is 5.32 Å². The van der Waals surface area contributed by atoms with Crippen molar-refractivity contribution in [3.05, 3.63) is 47.4 Å². The molecule has 1 aromatic carbocycles. The van der Waals surface area contributed by atoms with E-state index in [1.807, 2.05) is 6.07 Å². The van der Waals surface area contributed by atoms with E-state index in [1.165, 1.54) is 11.3 Å². The summed E-state index contributed by atoms with van der Waals surface area (Å²) in [7, 11) is 0. The molecule has 1 heterocycles. The number of hydrogen-bond donors (Lipinski definition) is 1. The molecule has 0 spiro atoms. The highest BCUT2D eigenvalue weighted by molar-refractivity contribution is 9.12. The molecule has 96 valence electrons. The van der Waals surface area contributed by atoms with Crippen LogP contribution in [0.2, 0.25) is 0 Å². The Labute approximate surface area is 139 Å². The van der Waals surface area contributed by atoms with Gasteiger partial charge in [0.25, 0.3) is 5.91 Å². The van der Waals surface area contributed by atoms with Crippen molar-refractivity contribution in [3.63, 3.8) is 0 Å². The van der Waals surface area contributed by atoms with E-state index in [9.17, 15) is 4.79 Å². The van der Waals surface area contributed by atoms with Gasteiger partial charge in [0.15, 0.2) is 0 Å². The van der Waals surface area contributed by atoms with Crippen molar-refractivity contribution in [1.29, 1.82) is 5.26 Å². The zero-order valence-electron chi connectivity index (χ0n) is 9.21. The molecule has 0 aliphatic rings. The third-order valence-electron chi connectivity index (χ3n) is 2.25. The quantitative estimate of drug-likeness (QED) is 0.667. The maximum absolute atomic E-state index is 12.1. The van der Waals surface area contributed by atoms with Crippen LogP contribution in [0.25, 0.3) is 0 Å². The van der Waals surface area contributed by atoms with Crippen molar-refractivity contribution in [2.75, 3.05) is 5.32 Å². The van der Waals surface area contributed by atoms with Crippen LogP contribution in [-0.2, 0) is 0 Å². The summed E-state index contributed by atoms with van der Waals surface area (Å²) in [6.45, 7) is 0. The summed E-state index contributed by atoms with van der Waals surface area (Å²) in [6, 6.07) is 8.84. The first-order valence-electron chi connectivity index (χ1n) is 4.97. The van der Waals surface area contributed by atoms with E-state index in [1.54, 1.807) is 24.3 Å². The van der Waals surface area contributed by atoms with Crippen molar-refractivity contribution < 1.29 is 4.79 Å². The minimum atomic E-state index is -0.203. The summed E-state index contributed by atoms with van der Waals surface area (Å²) >= 11 is 11.4. The number of hydrogen-bond acceptors (Lipinski definition) is 3. The molecule has 19 heavy (non-hydrogen) atoms. The van der Waals surface area contributed by atoms with Gasteiger partial charge in [-0.15, -0.1) is 11.3 Å². The van der Waals surface area contributed by atoms with Gasteiger partial charge in [-0.05, 0) is 72.1 Å². The molecule has 0 radical (unpaired) electrons. The normalized spacial score (nSPS) is 10.0. The zero-order valence-corrected chi connectivity index (χ0v) is 14.8. The number of carbonyl (C=O) groups excluding carboxylic acids is 1. The SMILES string of the molecule is N#Cc1ccc(NC(=O)c2cc(Br)sc2Br)cc1Br. The molecule has 2 aromatic rings. The Morgan fingerprint density at radius 1 is 1.26 bits per heavy atom. The Hall–Kier alpha value is -0.680. The van der Waals surface area contributed by atoms with Crippen LogP contribution in [0.15, 0.2) is 36.3 Å². The summed E-state index contributed by atoms with van der Waals surface area (Å²) < 4.78 is 2.30. The van der Waals surface area contributed by atoms with E-state index in [0.717, 1.165) is 7.57 Å². The first-order valence-corrected chi connectivity index (χ1v) is 8.16. The second-order valence-corrected chi connectivity index (χ2v) is 8.10. The molecular formula is C12H5Br3N2OS. The smallest absolute Gasteiger partial charge is 0.257 e. The van der Waals surface area contributed by atoms with Crippen LogP contribution in [-0.4, -0.2) is 5.91 Å². The van der Waals surface area contributed by atoms with E-state index >= 15 is 0 Å². The molecule has 7 heteroatoms. The fraction of sp³-hybridized carbons (Fsp3) is 0. The van der Waals surface area contributed by atoms with Gasteiger partial charge in [-0.2, -0.15) is 5.26 Å². The average molecular weight is 465 g/mol. The zero-order chi connectivity index (χ0) is 14.0. The number of halogens is 3. The van der Waals surface area contributed by atoms with E-state index in [4.69, 9.17) is 5.26 Å². The molecule has 0 aliphatic heterocycles. The maximum atomic E-state index is 12.1. The first kappa shape index (κ1) is 14.7. The van der Waals surface area contributed by atoms with E-state index in [2.05, 4.69) is 53.1 Å². The van der Waals surface area contributed by atoms with Crippen molar-refractivity contribution >= 4 is 70.7 Å². The van der Waals surface area contributed by atoms with Gasteiger partial charge in [0.2, 0.25) is 0 Å². The van der Waals surface area contributed by atoms with Crippen molar-refractivity contribution in [3.8, 4) is 6.07 Å². The lowest BCUT2D eigenvalue weighted by atomic mass is 10.2. The van der Waals surface area contributed by atoms with Crippen LogP contribution < -0.4 is 5.32 Å². The molecule has 3 nitrogen and oxygen atoms in total. The van der Waals surface area contributed by atoms with Crippen LogP contribution in [0.3, 0.4) is 0 Å². The van der Waals surface area contributed by atoms with Crippen LogP contribution in [0, 0.1) is 11.3 Å². The summed E-state index contributed by atoms with van der Waals surface area (Å²) in [5, 5.41) is 11.6. The van der Waals surface area contributed by atoms with Crippen molar-refractivity contribution in [1.82, 2.24) is 0 Å². The Morgan fingerprint density at radius 2 is 2.00 bits per heavy atom. The van der Waals surface area contributed by atoms with E-state index < -0.39 is 0 Å². The van der Waals surface area contributed by atoms with Gasteiger partial charge in [-0.25, -0.2) is 0 Å². The number of carbonyl (C=O) groups is 1. The first-order chi connectivity index (χ1) is 9.01. The number of nitrogens with one attached hydrogen (secondary N) is 1. The second-order valence-electron chi connectivity index (χ2n) is 3.50. The number of rotatable bonds is 2.